The third-order valence-electron chi connectivity index (χ3n) is 2.23. The molecule has 2 N–H and O–H groups in total. The maximum atomic E-state index is 12.2. The number of nitrogens with zero attached hydrogens (tertiary/aromatic N) is 2. The van der Waals surface area contributed by atoms with Crippen LogP contribution < -0.4 is 9.88 Å². The normalized spacial score (nSPS) is 12.3. The molecule has 0 aliphatic rings. The molecule has 0 fully saturated rings. The van der Waals surface area contributed by atoms with Crippen molar-refractivity contribution in [3.05, 3.63) is 24.3 Å². The zero-order valence-electron chi connectivity index (χ0n) is 10.0. The van der Waals surface area contributed by atoms with Gasteiger partial charge in [-0.25, -0.2) is 22.0 Å². The summed E-state index contributed by atoms with van der Waals surface area (Å²) in [6, 6.07) is 5.58. The number of methoxy groups -OCH3 is 1. The number of nitrogens with two attached hydrogens (primary N) is 1. The van der Waals surface area contributed by atoms with Gasteiger partial charge in [0.05, 0.1) is 12.0 Å². The Morgan fingerprint density at radius 1 is 1.05 bits per heavy atom. The first-order chi connectivity index (χ1) is 9.25. The molecular formula is C9H9N3O5S3. The molecule has 11 heteroatoms. The summed E-state index contributed by atoms with van der Waals surface area (Å²) in [4.78, 5) is -0.0459. The summed E-state index contributed by atoms with van der Waals surface area (Å²) in [6.07, 6.45) is 0. The second-order valence-corrected chi connectivity index (χ2v) is 8.39. The molecule has 20 heavy (non-hydrogen) atoms. The molecule has 1 heterocycles. The highest BCUT2D eigenvalue weighted by atomic mass is 32.3. The molecule has 0 aliphatic carbocycles. The van der Waals surface area contributed by atoms with Gasteiger partial charge in [0.2, 0.25) is 18.5 Å². The van der Waals surface area contributed by atoms with Gasteiger partial charge in [0.25, 0.3) is 10.0 Å². The highest BCUT2D eigenvalue weighted by Crippen LogP contribution is 2.26. The van der Waals surface area contributed by atoms with E-state index < -0.39 is 28.5 Å². The molecule has 0 radical (unpaired) electrons. The Balaban J connectivity index is 2.46. The molecule has 0 atom stereocenters. The number of aromatic nitrogens is 2. The third kappa shape index (κ3) is 2.80. The summed E-state index contributed by atoms with van der Waals surface area (Å²) in [5.41, 5.74) is 0. The van der Waals surface area contributed by atoms with Crippen LogP contribution in [0.5, 0.6) is 5.75 Å². The van der Waals surface area contributed by atoms with Gasteiger partial charge in [-0.2, -0.15) is 0 Å². The van der Waals surface area contributed by atoms with E-state index >= 15 is 0 Å². The van der Waals surface area contributed by atoms with Crippen molar-refractivity contribution in [2.45, 2.75) is 13.6 Å². The fourth-order valence-corrected chi connectivity index (χ4v) is 4.41. The molecular weight excluding hydrogens is 326 g/mol. The lowest BCUT2D eigenvalue weighted by atomic mass is 10.3. The fraction of sp³-hybridized carbons (Fsp3) is 0.111. The van der Waals surface area contributed by atoms with Crippen LogP contribution in [0.25, 0.3) is 0 Å². The maximum absolute atomic E-state index is 12.2. The number of sulfonamides is 1. The smallest absolute Gasteiger partial charge is 0.267 e. The molecule has 8 nitrogen and oxygen atoms in total. The zero-order chi connectivity index (χ0) is 15.0. The van der Waals surface area contributed by atoms with Crippen molar-refractivity contribution in [3.63, 3.8) is 0 Å². The van der Waals surface area contributed by atoms with Crippen molar-refractivity contribution in [1.29, 1.82) is 0 Å². The van der Waals surface area contributed by atoms with Gasteiger partial charge in [-0.1, -0.05) is 11.3 Å². The Kier molecular flexibility index (Phi) is 3.77. The lowest BCUT2D eigenvalue weighted by Crippen LogP contribution is -2.11. The van der Waals surface area contributed by atoms with Crippen molar-refractivity contribution in [2.75, 3.05) is 7.11 Å². The summed E-state index contributed by atoms with van der Waals surface area (Å²) in [5.74, 6) is 0.492. The molecule has 0 spiro atoms. The fourth-order valence-electron chi connectivity index (χ4n) is 1.28. The van der Waals surface area contributed by atoms with Crippen LogP contribution in [0.2, 0.25) is 0 Å². The first-order valence-corrected chi connectivity index (χ1v) is 8.85. The minimum absolute atomic E-state index is 0.0459. The topological polar surface area (TPSA) is 129 Å². The number of ether oxygens (including phenoxy) is 1. The van der Waals surface area contributed by atoms with E-state index in [1.807, 2.05) is 0 Å². The standard InChI is InChI=1S/C9H9N3O5S3/c1-17-6-2-4-7(5-3-6)19(13,14)8-11-12-9(18-8)20(10,15)16/h2-5H,1H3,(H2,10,15,16). The van der Waals surface area contributed by atoms with E-state index in [0.29, 0.717) is 17.1 Å². The van der Waals surface area contributed by atoms with Crippen LogP contribution in [0.1, 0.15) is 0 Å². The molecule has 0 bridgehead atoms. The lowest BCUT2D eigenvalue weighted by Gasteiger charge is -2.02. The van der Waals surface area contributed by atoms with Gasteiger partial charge in [0, 0.05) is 0 Å². The number of primary sulfonamides is 1. The molecule has 2 aromatic rings. The molecule has 0 unspecified atom stereocenters. The van der Waals surface area contributed by atoms with Gasteiger partial charge in [-0.3, -0.25) is 0 Å². The number of hydrogen-bond acceptors (Lipinski definition) is 8. The Morgan fingerprint density at radius 3 is 2.05 bits per heavy atom. The van der Waals surface area contributed by atoms with Crippen LogP contribution in [0.3, 0.4) is 0 Å². The summed E-state index contributed by atoms with van der Waals surface area (Å²) in [5, 5.41) is 11.5. The molecule has 0 amide bonds. The predicted octanol–water partition coefficient (Wildman–Crippen LogP) is 0.0269. The first kappa shape index (κ1) is 14.8. The van der Waals surface area contributed by atoms with E-state index in [1.54, 1.807) is 0 Å². The largest absolute Gasteiger partial charge is 0.497 e. The van der Waals surface area contributed by atoms with E-state index in [1.165, 1.54) is 31.4 Å². The molecule has 0 saturated heterocycles. The van der Waals surface area contributed by atoms with Gasteiger partial charge in [-0.05, 0) is 24.3 Å². The van der Waals surface area contributed by atoms with Crippen LogP contribution in [0, 0.1) is 0 Å². The minimum Gasteiger partial charge on any atom is -0.497 e. The van der Waals surface area contributed by atoms with Gasteiger partial charge in [0.1, 0.15) is 5.75 Å². The average molecular weight is 335 g/mol. The van der Waals surface area contributed by atoms with Gasteiger partial charge >= 0.3 is 0 Å². The molecule has 0 saturated carbocycles. The van der Waals surface area contributed by atoms with E-state index in [2.05, 4.69) is 10.2 Å². The van der Waals surface area contributed by atoms with E-state index in [0.717, 1.165) is 0 Å². The van der Waals surface area contributed by atoms with Crippen LogP contribution in [-0.2, 0) is 19.9 Å². The third-order valence-corrected chi connectivity index (χ3v) is 6.60. The minimum atomic E-state index is -4.07. The monoisotopic (exact) mass is 335 g/mol. The number of benzene rings is 1. The van der Waals surface area contributed by atoms with Crippen LogP contribution in [0.4, 0.5) is 0 Å². The number of rotatable bonds is 4. The second-order valence-electron chi connectivity index (χ2n) is 3.56. The van der Waals surface area contributed by atoms with Crippen LogP contribution >= 0.6 is 11.3 Å². The summed E-state index contributed by atoms with van der Waals surface area (Å²) in [6.45, 7) is 0. The summed E-state index contributed by atoms with van der Waals surface area (Å²) in [7, 11) is -6.56. The molecule has 1 aromatic heterocycles. The zero-order valence-corrected chi connectivity index (χ0v) is 12.5. The van der Waals surface area contributed by atoms with E-state index in [9.17, 15) is 16.8 Å². The van der Waals surface area contributed by atoms with Gasteiger partial charge < -0.3 is 4.74 Å². The lowest BCUT2D eigenvalue weighted by molar-refractivity contribution is 0.414. The van der Waals surface area contributed by atoms with Crippen molar-refractivity contribution < 1.29 is 21.6 Å². The Labute approximate surface area is 119 Å². The van der Waals surface area contributed by atoms with Crippen molar-refractivity contribution in [1.82, 2.24) is 10.2 Å². The molecule has 108 valence electrons. The Morgan fingerprint density at radius 2 is 1.60 bits per heavy atom. The SMILES string of the molecule is COc1ccc(S(=O)(=O)c2nnc(S(N)(=O)=O)s2)cc1. The van der Waals surface area contributed by atoms with E-state index in [4.69, 9.17) is 9.88 Å². The van der Waals surface area contributed by atoms with Gasteiger partial charge in [0.15, 0.2) is 0 Å². The maximum Gasteiger partial charge on any atom is 0.267 e. The highest BCUT2D eigenvalue weighted by molar-refractivity contribution is 7.95. The van der Waals surface area contributed by atoms with Gasteiger partial charge in [-0.15, -0.1) is 10.2 Å². The van der Waals surface area contributed by atoms with Crippen molar-refractivity contribution >= 4 is 31.2 Å². The molecule has 1 aromatic carbocycles. The average Bonchev–Trinajstić information content (AvgIpc) is 2.89. The van der Waals surface area contributed by atoms with Crippen molar-refractivity contribution in [2.24, 2.45) is 5.14 Å². The van der Waals surface area contributed by atoms with Crippen LogP contribution in [-0.4, -0.2) is 34.1 Å². The first-order valence-electron chi connectivity index (χ1n) is 5.00. The molecule has 0 aliphatic heterocycles. The van der Waals surface area contributed by atoms with E-state index in [-0.39, 0.29) is 4.90 Å². The summed E-state index contributed by atoms with van der Waals surface area (Å²) >= 11 is 0.397. The van der Waals surface area contributed by atoms with Crippen molar-refractivity contribution in [3.8, 4) is 5.75 Å². The quantitative estimate of drug-likeness (QED) is 0.834. The Bertz CT molecular complexity index is 824. The predicted molar refractivity (Wildman–Crippen MR) is 69.7 cm³/mol. The molecule has 2 rings (SSSR count). The highest BCUT2D eigenvalue weighted by Gasteiger charge is 2.25. The number of sulfone groups is 1. The van der Waals surface area contributed by atoms with Crippen LogP contribution in [0.15, 0.2) is 37.8 Å². The number of hydrogen-bond donors (Lipinski definition) is 1. The second kappa shape index (κ2) is 5.09. The summed E-state index contributed by atoms with van der Waals surface area (Å²) < 4.78 is 50.5. The Hall–Kier alpha value is -1.56.